The molecular weight excluding hydrogens is 268 g/mol. The lowest BCUT2D eigenvalue weighted by Gasteiger charge is -1.99. The molecule has 1 N–H and O–H groups in total. The van der Waals surface area contributed by atoms with Gasteiger partial charge in [-0.1, -0.05) is 12.1 Å². The van der Waals surface area contributed by atoms with Crippen LogP contribution in [0.25, 0.3) is 21.9 Å². The number of aromatic amines is 1. The predicted octanol–water partition coefficient (Wildman–Crippen LogP) is 3.23. The van der Waals surface area contributed by atoms with Crippen LogP contribution in [0.2, 0.25) is 0 Å². The number of hydrogen-bond acceptors (Lipinski definition) is 1. The van der Waals surface area contributed by atoms with Gasteiger partial charge in [-0.2, -0.15) is 0 Å². The molecule has 4 heteroatoms. The summed E-state index contributed by atoms with van der Waals surface area (Å²) >= 11 is 3.54. The van der Waals surface area contributed by atoms with Gasteiger partial charge < -0.3 is 9.55 Å². The Balaban J connectivity index is 2.58. The van der Waals surface area contributed by atoms with Crippen molar-refractivity contribution >= 4 is 44.2 Å². The fourth-order valence-electron chi connectivity index (χ4n) is 2.18. The van der Waals surface area contributed by atoms with Gasteiger partial charge in [-0.3, -0.25) is 4.79 Å². The number of aldehydes is 1. The Morgan fingerprint density at radius 3 is 2.94 bits per heavy atom. The van der Waals surface area contributed by atoms with Crippen LogP contribution in [0.4, 0.5) is 0 Å². The van der Waals surface area contributed by atoms with E-state index in [9.17, 15) is 4.79 Å². The van der Waals surface area contributed by atoms with E-state index < -0.39 is 0 Å². The van der Waals surface area contributed by atoms with Crippen molar-refractivity contribution in [1.82, 2.24) is 9.55 Å². The van der Waals surface area contributed by atoms with Gasteiger partial charge in [0.25, 0.3) is 0 Å². The van der Waals surface area contributed by atoms with E-state index in [-0.39, 0.29) is 0 Å². The number of carbonyl (C=O) groups is 1. The predicted molar refractivity (Wildman–Crippen MR) is 67.9 cm³/mol. The summed E-state index contributed by atoms with van der Waals surface area (Å²) in [4.78, 5) is 13.8. The summed E-state index contributed by atoms with van der Waals surface area (Å²) in [5.41, 5.74) is 2.73. The largest absolute Gasteiger partial charge is 0.338 e. The summed E-state index contributed by atoms with van der Waals surface area (Å²) in [6.45, 7) is 0. The number of aryl methyl sites for hydroxylation is 1. The standard InChI is InChI=1S/C12H9BrN2O/c1-15-11-8(3-2-4-10(11)13)9-5-7(6-16)14-12(9)15/h2-6,14H,1H3. The first-order valence-electron chi connectivity index (χ1n) is 4.93. The van der Waals surface area contributed by atoms with E-state index >= 15 is 0 Å². The van der Waals surface area contributed by atoms with Gasteiger partial charge in [0.1, 0.15) is 5.65 Å². The highest BCUT2D eigenvalue weighted by molar-refractivity contribution is 9.10. The van der Waals surface area contributed by atoms with E-state index in [1.54, 1.807) is 0 Å². The van der Waals surface area contributed by atoms with E-state index in [1.807, 2.05) is 25.2 Å². The first kappa shape index (κ1) is 9.66. The number of nitrogens with one attached hydrogen (secondary N) is 1. The molecule has 3 aromatic rings. The van der Waals surface area contributed by atoms with Crippen molar-refractivity contribution < 1.29 is 4.79 Å². The Hall–Kier alpha value is -1.55. The number of hydrogen-bond donors (Lipinski definition) is 1. The molecule has 80 valence electrons. The summed E-state index contributed by atoms with van der Waals surface area (Å²) in [5.74, 6) is 0. The van der Waals surface area contributed by atoms with E-state index in [4.69, 9.17) is 0 Å². The Kier molecular flexibility index (Phi) is 1.94. The number of H-pyrrole nitrogens is 1. The lowest BCUT2D eigenvalue weighted by molar-refractivity contribution is 0.111. The maximum absolute atomic E-state index is 10.7. The Bertz CT molecular complexity index is 709. The molecule has 0 aliphatic carbocycles. The van der Waals surface area contributed by atoms with Crippen molar-refractivity contribution in [3.8, 4) is 0 Å². The van der Waals surface area contributed by atoms with E-state index in [0.29, 0.717) is 5.69 Å². The zero-order valence-electron chi connectivity index (χ0n) is 8.62. The molecule has 0 unspecified atom stereocenters. The van der Waals surface area contributed by atoms with Crippen LogP contribution in [0.5, 0.6) is 0 Å². The Morgan fingerprint density at radius 1 is 1.38 bits per heavy atom. The summed E-state index contributed by atoms with van der Waals surface area (Å²) in [7, 11) is 1.99. The minimum atomic E-state index is 0.613. The fourth-order valence-corrected chi connectivity index (χ4v) is 2.81. The van der Waals surface area contributed by atoms with Crippen LogP contribution in [-0.4, -0.2) is 15.8 Å². The molecule has 16 heavy (non-hydrogen) atoms. The third-order valence-electron chi connectivity index (χ3n) is 2.89. The molecular formula is C12H9BrN2O. The lowest BCUT2D eigenvalue weighted by Crippen LogP contribution is -1.89. The van der Waals surface area contributed by atoms with Crippen LogP contribution in [-0.2, 0) is 7.05 Å². The fraction of sp³-hybridized carbons (Fsp3) is 0.0833. The molecule has 2 heterocycles. The van der Waals surface area contributed by atoms with Gasteiger partial charge in [-0.15, -0.1) is 0 Å². The third-order valence-corrected chi connectivity index (χ3v) is 3.53. The van der Waals surface area contributed by atoms with Gasteiger partial charge in [0.2, 0.25) is 0 Å². The van der Waals surface area contributed by atoms with Crippen LogP contribution in [0, 0.1) is 0 Å². The normalized spacial score (nSPS) is 11.4. The van der Waals surface area contributed by atoms with E-state index in [1.165, 1.54) is 0 Å². The molecule has 3 nitrogen and oxygen atoms in total. The second-order valence-corrected chi connectivity index (χ2v) is 4.65. The summed E-state index contributed by atoms with van der Waals surface area (Å²) in [6, 6.07) is 7.96. The average molecular weight is 277 g/mol. The quantitative estimate of drug-likeness (QED) is 0.681. The number of aromatic nitrogens is 2. The summed E-state index contributed by atoms with van der Waals surface area (Å²) in [5, 5.41) is 2.23. The van der Waals surface area contributed by atoms with Crippen molar-refractivity contribution in [3.63, 3.8) is 0 Å². The number of rotatable bonds is 1. The van der Waals surface area contributed by atoms with Crippen LogP contribution in [0.3, 0.4) is 0 Å². The second-order valence-electron chi connectivity index (χ2n) is 3.80. The van der Waals surface area contributed by atoms with Crippen molar-refractivity contribution in [3.05, 3.63) is 34.4 Å². The molecule has 0 fully saturated rings. The molecule has 2 aromatic heterocycles. The molecule has 0 radical (unpaired) electrons. The number of nitrogens with zero attached hydrogens (tertiary/aromatic N) is 1. The van der Waals surface area contributed by atoms with Gasteiger partial charge in [0.05, 0.1) is 11.2 Å². The van der Waals surface area contributed by atoms with Gasteiger partial charge in [0, 0.05) is 22.3 Å². The number of halogens is 1. The highest BCUT2D eigenvalue weighted by Crippen LogP contribution is 2.32. The van der Waals surface area contributed by atoms with E-state index in [0.717, 1.165) is 32.7 Å². The second kappa shape index (κ2) is 3.22. The zero-order valence-corrected chi connectivity index (χ0v) is 10.2. The van der Waals surface area contributed by atoms with Gasteiger partial charge in [-0.25, -0.2) is 0 Å². The number of fused-ring (bicyclic) bond motifs is 3. The molecule has 0 aliphatic rings. The Labute approximate surface area is 100 Å². The first-order chi connectivity index (χ1) is 7.72. The molecule has 3 rings (SSSR count). The number of para-hydroxylation sites is 1. The third kappa shape index (κ3) is 1.10. The first-order valence-corrected chi connectivity index (χ1v) is 5.72. The van der Waals surface area contributed by atoms with Gasteiger partial charge in [0.15, 0.2) is 6.29 Å². The number of carbonyl (C=O) groups excluding carboxylic acids is 1. The average Bonchev–Trinajstić information content (AvgIpc) is 2.80. The zero-order chi connectivity index (χ0) is 11.3. The number of benzene rings is 1. The van der Waals surface area contributed by atoms with Crippen LogP contribution in [0.15, 0.2) is 28.7 Å². The summed E-state index contributed by atoms with van der Waals surface area (Å²) < 4.78 is 3.12. The van der Waals surface area contributed by atoms with Crippen LogP contribution < -0.4 is 0 Å². The minimum absolute atomic E-state index is 0.613. The lowest BCUT2D eigenvalue weighted by atomic mass is 10.2. The summed E-state index contributed by atoms with van der Waals surface area (Å²) in [6.07, 6.45) is 0.837. The van der Waals surface area contributed by atoms with Crippen LogP contribution in [0.1, 0.15) is 10.5 Å². The van der Waals surface area contributed by atoms with Crippen molar-refractivity contribution in [1.29, 1.82) is 0 Å². The molecule has 0 atom stereocenters. The van der Waals surface area contributed by atoms with Crippen molar-refractivity contribution in [2.24, 2.45) is 7.05 Å². The SMILES string of the molecule is Cn1c2[nH]c(C=O)cc2c2cccc(Br)c21. The topological polar surface area (TPSA) is 37.8 Å². The molecule has 0 aliphatic heterocycles. The molecule has 0 bridgehead atoms. The molecule has 0 amide bonds. The van der Waals surface area contributed by atoms with E-state index in [2.05, 4.69) is 31.5 Å². The highest BCUT2D eigenvalue weighted by Gasteiger charge is 2.12. The molecule has 0 spiro atoms. The minimum Gasteiger partial charge on any atom is -0.338 e. The maximum atomic E-state index is 10.7. The Morgan fingerprint density at radius 2 is 2.19 bits per heavy atom. The smallest absolute Gasteiger partial charge is 0.166 e. The molecule has 0 saturated heterocycles. The van der Waals surface area contributed by atoms with Crippen LogP contribution >= 0.6 is 15.9 Å². The maximum Gasteiger partial charge on any atom is 0.166 e. The molecule has 0 saturated carbocycles. The van der Waals surface area contributed by atoms with Gasteiger partial charge in [-0.05, 0) is 28.1 Å². The molecule has 1 aromatic carbocycles. The van der Waals surface area contributed by atoms with Crippen molar-refractivity contribution in [2.75, 3.05) is 0 Å². The monoisotopic (exact) mass is 276 g/mol. The van der Waals surface area contributed by atoms with Gasteiger partial charge >= 0.3 is 0 Å². The highest BCUT2D eigenvalue weighted by atomic mass is 79.9. The van der Waals surface area contributed by atoms with Crippen molar-refractivity contribution in [2.45, 2.75) is 0 Å².